The number of hydrogen-bond acceptors (Lipinski definition) is 7. The lowest BCUT2D eigenvalue weighted by Gasteiger charge is -2.26. The maximum Gasteiger partial charge on any atom is 0.430 e. The van der Waals surface area contributed by atoms with Crippen LogP contribution in [0.15, 0.2) is 46.1 Å². The number of ether oxygens (including phenoxy) is 1. The lowest BCUT2D eigenvalue weighted by Crippen LogP contribution is -2.41. The van der Waals surface area contributed by atoms with E-state index in [1.807, 2.05) is 0 Å². The van der Waals surface area contributed by atoms with Gasteiger partial charge in [0.15, 0.2) is 5.82 Å². The molecule has 1 N–H and O–H groups in total. The Hall–Kier alpha value is -2.47. The Kier molecular flexibility index (Phi) is 7.95. The lowest BCUT2D eigenvalue weighted by molar-refractivity contribution is 0.0608. The minimum atomic E-state index is -4.82. The van der Waals surface area contributed by atoms with Crippen molar-refractivity contribution in [2.45, 2.75) is 44.2 Å². The van der Waals surface area contributed by atoms with E-state index >= 15 is 4.39 Å². The van der Waals surface area contributed by atoms with Gasteiger partial charge in [-0.15, -0.1) is 15.6 Å². The van der Waals surface area contributed by atoms with Gasteiger partial charge < -0.3 is 10.1 Å². The molecule has 0 bridgehead atoms. The fourth-order valence-corrected chi connectivity index (χ4v) is 5.42. The first-order valence-corrected chi connectivity index (χ1v) is 13.2. The number of carbonyl (C=O) groups is 1. The van der Waals surface area contributed by atoms with Gasteiger partial charge in [-0.2, -0.15) is 0 Å². The van der Waals surface area contributed by atoms with Gasteiger partial charge in [0.25, 0.3) is 10.0 Å². The number of sulfonamides is 1. The highest BCUT2D eigenvalue weighted by molar-refractivity contribution is 7.93. The van der Waals surface area contributed by atoms with Crippen molar-refractivity contribution in [2.24, 2.45) is 0 Å². The van der Waals surface area contributed by atoms with Crippen LogP contribution in [0.25, 0.3) is 0 Å². The average Bonchev–Trinajstić information content (AvgIpc) is 3.24. The van der Waals surface area contributed by atoms with E-state index in [4.69, 9.17) is 27.9 Å². The van der Waals surface area contributed by atoms with Gasteiger partial charge in [-0.3, -0.25) is 0 Å². The molecular weight excluding hydrogens is 543 g/mol. The van der Waals surface area contributed by atoms with Crippen molar-refractivity contribution in [3.63, 3.8) is 0 Å². The standard InChI is InChI=1S/C22H21Cl2F2N3O4S2/c1-12(13-6-5-7-14(23)20(13)26)28-17-9-16(25)18(8-15(17)24)35(31,32)29(19-10-34-11-27-19)21(30)33-22(2,3)4/h5-12,28H,1-4H3/t12-/m0/s1. The molecule has 35 heavy (non-hydrogen) atoms. The predicted octanol–water partition coefficient (Wildman–Crippen LogP) is 7.03. The molecule has 0 unspecified atom stereocenters. The lowest BCUT2D eigenvalue weighted by atomic mass is 10.1. The molecule has 2 aromatic carbocycles. The fourth-order valence-electron chi connectivity index (χ4n) is 3.03. The molecule has 0 aliphatic carbocycles. The van der Waals surface area contributed by atoms with Gasteiger partial charge in [0.2, 0.25) is 0 Å². The number of rotatable bonds is 6. The van der Waals surface area contributed by atoms with Crippen LogP contribution >= 0.6 is 34.5 Å². The minimum Gasteiger partial charge on any atom is -0.443 e. The Labute approximate surface area is 215 Å². The van der Waals surface area contributed by atoms with Crippen molar-refractivity contribution in [1.82, 2.24) is 4.98 Å². The van der Waals surface area contributed by atoms with Gasteiger partial charge in [0.1, 0.15) is 22.1 Å². The summed E-state index contributed by atoms with van der Waals surface area (Å²) < 4.78 is 61.7. The van der Waals surface area contributed by atoms with Crippen molar-refractivity contribution < 1.29 is 26.7 Å². The van der Waals surface area contributed by atoms with Gasteiger partial charge in [-0.1, -0.05) is 35.3 Å². The van der Waals surface area contributed by atoms with Crippen LogP contribution in [0.5, 0.6) is 0 Å². The maximum atomic E-state index is 15.2. The number of nitrogens with one attached hydrogen (secondary N) is 1. The highest BCUT2D eigenvalue weighted by Gasteiger charge is 2.38. The van der Waals surface area contributed by atoms with E-state index in [-0.39, 0.29) is 31.4 Å². The second kappa shape index (κ2) is 10.3. The third-order valence-corrected chi connectivity index (χ3v) is 7.41. The number of halogens is 4. The summed E-state index contributed by atoms with van der Waals surface area (Å²) in [4.78, 5) is 15.8. The van der Waals surface area contributed by atoms with Crippen molar-refractivity contribution in [3.8, 4) is 0 Å². The number of aromatic nitrogens is 1. The Balaban J connectivity index is 2.00. The first-order valence-electron chi connectivity index (χ1n) is 10.1. The average molecular weight is 564 g/mol. The summed E-state index contributed by atoms with van der Waals surface area (Å²) in [7, 11) is -4.82. The third kappa shape index (κ3) is 6.03. The number of anilines is 2. The summed E-state index contributed by atoms with van der Waals surface area (Å²) in [5, 5.41) is 3.88. The van der Waals surface area contributed by atoms with Crippen LogP contribution in [0.1, 0.15) is 39.3 Å². The molecule has 13 heteroatoms. The summed E-state index contributed by atoms with van der Waals surface area (Å²) in [5.41, 5.74) is 0.490. The van der Waals surface area contributed by atoms with Crippen LogP contribution in [0, 0.1) is 11.6 Å². The summed E-state index contributed by atoms with van der Waals surface area (Å²) in [6.07, 6.45) is -1.26. The number of amides is 1. The van der Waals surface area contributed by atoms with Crippen LogP contribution in [0.4, 0.5) is 25.1 Å². The van der Waals surface area contributed by atoms with E-state index in [9.17, 15) is 17.6 Å². The molecule has 0 saturated heterocycles. The molecule has 1 aromatic heterocycles. The maximum absolute atomic E-state index is 15.2. The molecule has 188 valence electrons. The van der Waals surface area contributed by atoms with Crippen molar-refractivity contribution in [1.29, 1.82) is 0 Å². The molecule has 0 fully saturated rings. The predicted molar refractivity (Wildman–Crippen MR) is 133 cm³/mol. The Morgan fingerprint density at radius 2 is 1.89 bits per heavy atom. The third-order valence-electron chi connectivity index (χ3n) is 4.55. The molecular formula is C22H21Cl2F2N3O4S2. The van der Waals surface area contributed by atoms with Gasteiger partial charge in [-0.05, 0) is 45.9 Å². The second-order valence-electron chi connectivity index (χ2n) is 8.37. The van der Waals surface area contributed by atoms with Crippen molar-refractivity contribution in [3.05, 3.63) is 68.5 Å². The van der Waals surface area contributed by atoms with Crippen LogP contribution in [0.3, 0.4) is 0 Å². The normalized spacial score (nSPS) is 12.8. The second-order valence-corrected chi connectivity index (χ2v) is 11.7. The molecule has 0 aliphatic rings. The smallest absolute Gasteiger partial charge is 0.430 e. The molecule has 0 radical (unpaired) electrons. The monoisotopic (exact) mass is 563 g/mol. The number of thiazole rings is 1. The molecule has 0 saturated carbocycles. The largest absolute Gasteiger partial charge is 0.443 e. The molecule has 7 nitrogen and oxygen atoms in total. The molecule has 1 amide bonds. The topological polar surface area (TPSA) is 88.6 Å². The van der Waals surface area contributed by atoms with Gasteiger partial charge in [-0.25, -0.2) is 27.0 Å². The molecule has 0 aliphatic heterocycles. The molecule has 0 spiro atoms. The number of carbonyl (C=O) groups excluding carboxylic acids is 1. The number of nitrogens with zero attached hydrogens (tertiary/aromatic N) is 2. The first kappa shape index (κ1) is 27.1. The number of benzene rings is 2. The van der Waals surface area contributed by atoms with Gasteiger partial charge >= 0.3 is 6.09 Å². The van der Waals surface area contributed by atoms with Crippen molar-refractivity contribution in [2.75, 3.05) is 9.62 Å². The summed E-state index contributed by atoms with van der Waals surface area (Å²) in [5.74, 6) is -2.10. The minimum absolute atomic E-state index is 0.00692. The van der Waals surface area contributed by atoms with Crippen molar-refractivity contribution >= 4 is 62.2 Å². The summed E-state index contributed by atoms with van der Waals surface area (Å²) in [6, 6.07) is 5.45. The highest BCUT2D eigenvalue weighted by Crippen LogP contribution is 2.35. The zero-order valence-corrected chi connectivity index (χ0v) is 22.1. The SMILES string of the molecule is C[C@H](Nc1cc(F)c(S(=O)(=O)N(C(=O)OC(C)(C)C)c2cscn2)cc1Cl)c1cccc(Cl)c1F. The van der Waals surface area contributed by atoms with E-state index in [0.29, 0.717) is 0 Å². The summed E-state index contributed by atoms with van der Waals surface area (Å²) in [6.45, 7) is 6.26. The number of hydrogen-bond donors (Lipinski definition) is 1. The van der Waals surface area contributed by atoms with E-state index < -0.39 is 44.3 Å². The van der Waals surface area contributed by atoms with Gasteiger partial charge in [0, 0.05) is 10.9 Å². The highest BCUT2D eigenvalue weighted by atomic mass is 35.5. The molecule has 3 rings (SSSR count). The van der Waals surface area contributed by atoms with Crippen LogP contribution in [-0.4, -0.2) is 25.1 Å². The zero-order valence-electron chi connectivity index (χ0n) is 19.0. The van der Waals surface area contributed by atoms with E-state index in [1.54, 1.807) is 33.8 Å². The van der Waals surface area contributed by atoms with Crippen LogP contribution in [0.2, 0.25) is 10.0 Å². The summed E-state index contributed by atoms with van der Waals surface area (Å²) >= 11 is 13.1. The Bertz CT molecular complexity index is 1350. The fraction of sp³-hybridized carbons (Fsp3) is 0.273. The van der Waals surface area contributed by atoms with Gasteiger partial charge in [0.05, 0.1) is 27.3 Å². The Morgan fingerprint density at radius 1 is 1.20 bits per heavy atom. The van der Waals surface area contributed by atoms with Crippen LogP contribution in [-0.2, 0) is 14.8 Å². The molecule has 1 atom stereocenters. The van der Waals surface area contributed by atoms with E-state index in [2.05, 4.69) is 10.3 Å². The molecule has 3 aromatic rings. The van der Waals surface area contributed by atoms with Crippen LogP contribution < -0.4 is 9.62 Å². The van der Waals surface area contributed by atoms with E-state index in [0.717, 1.165) is 23.5 Å². The Morgan fingerprint density at radius 3 is 2.49 bits per heavy atom. The first-order chi connectivity index (χ1) is 16.2. The quantitative estimate of drug-likeness (QED) is 0.346. The molecule has 1 heterocycles. The van der Waals surface area contributed by atoms with E-state index in [1.165, 1.54) is 23.0 Å². The zero-order chi connectivity index (χ0) is 26.1.